The van der Waals surface area contributed by atoms with Crippen molar-refractivity contribution in [2.24, 2.45) is 0 Å². The maximum absolute atomic E-state index is 12.8. The Balaban J connectivity index is 1.90. The summed E-state index contributed by atoms with van der Waals surface area (Å²) in [4.78, 5) is 25.3. The first kappa shape index (κ1) is 21.9. The van der Waals surface area contributed by atoms with Gasteiger partial charge in [0.25, 0.3) is 5.91 Å². The summed E-state index contributed by atoms with van der Waals surface area (Å²) in [5, 5.41) is 0. The number of carbonyl (C=O) groups excluding carboxylic acids is 2. The van der Waals surface area contributed by atoms with Crippen LogP contribution >= 0.6 is 0 Å². The van der Waals surface area contributed by atoms with Crippen LogP contribution in [0.3, 0.4) is 0 Å². The fraction of sp³-hybridized carbons (Fsp3) is 0.474. The van der Waals surface area contributed by atoms with Gasteiger partial charge in [0.2, 0.25) is 10.0 Å². The Labute approximate surface area is 165 Å². The zero-order valence-corrected chi connectivity index (χ0v) is 17.2. The van der Waals surface area contributed by atoms with Gasteiger partial charge in [-0.1, -0.05) is 5.57 Å². The van der Waals surface area contributed by atoms with Crippen LogP contribution in [0.5, 0.6) is 5.75 Å². The van der Waals surface area contributed by atoms with Crippen LogP contribution in [0.15, 0.2) is 40.8 Å². The van der Waals surface area contributed by atoms with Gasteiger partial charge >= 0.3 is 5.97 Å². The number of hydrogen-bond donors (Lipinski definition) is 0. The second kappa shape index (κ2) is 9.70. The van der Waals surface area contributed by atoms with E-state index in [0.29, 0.717) is 12.4 Å². The monoisotopic (exact) mass is 410 g/mol. The Kier molecular flexibility index (Phi) is 7.59. The minimum Gasteiger partial charge on any atom is -0.494 e. The lowest BCUT2D eigenvalue weighted by Crippen LogP contribution is -2.51. The van der Waals surface area contributed by atoms with Crippen LogP contribution in [0.4, 0.5) is 0 Å². The van der Waals surface area contributed by atoms with Crippen LogP contribution in [-0.2, 0) is 24.3 Å². The van der Waals surface area contributed by atoms with E-state index < -0.39 is 16.0 Å². The van der Waals surface area contributed by atoms with E-state index in [2.05, 4.69) is 0 Å². The Morgan fingerprint density at radius 2 is 1.68 bits per heavy atom. The third-order valence-electron chi connectivity index (χ3n) is 4.11. The fourth-order valence-electron chi connectivity index (χ4n) is 2.70. The molecule has 1 amide bonds. The van der Waals surface area contributed by atoms with Crippen molar-refractivity contribution in [1.82, 2.24) is 9.21 Å². The average Bonchev–Trinajstić information content (AvgIpc) is 2.66. The van der Waals surface area contributed by atoms with Gasteiger partial charge in [0, 0.05) is 32.3 Å². The summed E-state index contributed by atoms with van der Waals surface area (Å²) in [5.41, 5.74) is 0.783. The molecule has 1 aliphatic rings. The van der Waals surface area contributed by atoms with Crippen LogP contribution in [0.2, 0.25) is 0 Å². The number of sulfonamides is 1. The Hall–Kier alpha value is -2.39. The van der Waals surface area contributed by atoms with Crippen LogP contribution in [0.25, 0.3) is 0 Å². The molecule has 1 fully saturated rings. The van der Waals surface area contributed by atoms with Crippen LogP contribution < -0.4 is 4.74 Å². The smallest absolute Gasteiger partial charge is 0.331 e. The molecular weight excluding hydrogens is 384 g/mol. The number of carbonyl (C=O) groups is 2. The first-order valence-corrected chi connectivity index (χ1v) is 10.5. The molecule has 9 heteroatoms. The van der Waals surface area contributed by atoms with Gasteiger partial charge in [-0.25, -0.2) is 13.2 Å². The predicted octanol–water partition coefficient (Wildman–Crippen LogP) is 1.43. The zero-order valence-electron chi connectivity index (χ0n) is 16.4. The molecule has 8 nitrogen and oxygen atoms in total. The largest absolute Gasteiger partial charge is 0.494 e. The predicted molar refractivity (Wildman–Crippen MR) is 103 cm³/mol. The number of hydrogen-bond acceptors (Lipinski definition) is 6. The van der Waals surface area contributed by atoms with Crippen LogP contribution in [0.1, 0.15) is 20.8 Å². The molecule has 0 saturated carbocycles. The van der Waals surface area contributed by atoms with Gasteiger partial charge in [-0.2, -0.15) is 4.31 Å². The second-order valence-electron chi connectivity index (χ2n) is 6.52. The summed E-state index contributed by atoms with van der Waals surface area (Å²) >= 11 is 0. The van der Waals surface area contributed by atoms with E-state index in [-0.39, 0.29) is 43.6 Å². The number of amides is 1. The van der Waals surface area contributed by atoms with Gasteiger partial charge in [0.1, 0.15) is 5.75 Å². The molecule has 1 aromatic carbocycles. The van der Waals surface area contributed by atoms with Crippen molar-refractivity contribution in [3.63, 3.8) is 0 Å². The second-order valence-corrected chi connectivity index (χ2v) is 8.46. The molecule has 0 unspecified atom stereocenters. The summed E-state index contributed by atoms with van der Waals surface area (Å²) in [6.07, 6.45) is 1.31. The molecule has 0 aromatic heterocycles. The van der Waals surface area contributed by atoms with Gasteiger partial charge in [0.15, 0.2) is 6.61 Å². The first-order chi connectivity index (χ1) is 13.2. The third-order valence-corrected chi connectivity index (χ3v) is 6.02. The van der Waals surface area contributed by atoms with E-state index >= 15 is 0 Å². The molecule has 1 saturated heterocycles. The minimum absolute atomic E-state index is 0.184. The molecular formula is C19H26N2O6S. The number of esters is 1. The van der Waals surface area contributed by atoms with Crippen molar-refractivity contribution in [3.05, 3.63) is 35.9 Å². The molecule has 1 aliphatic heterocycles. The minimum atomic E-state index is -3.64. The molecule has 28 heavy (non-hydrogen) atoms. The lowest BCUT2D eigenvalue weighted by Gasteiger charge is -2.33. The van der Waals surface area contributed by atoms with E-state index in [4.69, 9.17) is 9.47 Å². The molecule has 0 atom stereocenters. The molecule has 0 aliphatic carbocycles. The van der Waals surface area contributed by atoms with E-state index in [1.54, 1.807) is 26.0 Å². The molecule has 0 spiro atoms. The van der Waals surface area contributed by atoms with Crippen LogP contribution in [-0.4, -0.2) is 68.9 Å². The van der Waals surface area contributed by atoms with Crippen molar-refractivity contribution in [2.75, 3.05) is 39.4 Å². The highest BCUT2D eigenvalue weighted by molar-refractivity contribution is 7.89. The highest BCUT2D eigenvalue weighted by Gasteiger charge is 2.30. The van der Waals surface area contributed by atoms with Crippen molar-refractivity contribution in [3.8, 4) is 5.75 Å². The van der Waals surface area contributed by atoms with Crippen LogP contribution in [0, 0.1) is 0 Å². The maximum atomic E-state index is 12.8. The topological polar surface area (TPSA) is 93.2 Å². The zero-order chi connectivity index (χ0) is 20.7. The van der Waals surface area contributed by atoms with Gasteiger partial charge in [-0.15, -0.1) is 0 Å². The first-order valence-electron chi connectivity index (χ1n) is 9.06. The maximum Gasteiger partial charge on any atom is 0.331 e. The Morgan fingerprint density at radius 3 is 2.21 bits per heavy atom. The van der Waals surface area contributed by atoms with Crippen molar-refractivity contribution in [2.45, 2.75) is 25.7 Å². The number of benzene rings is 1. The number of piperazine rings is 1. The van der Waals surface area contributed by atoms with Gasteiger partial charge in [-0.05, 0) is 45.0 Å². The molecule has 0 bridgehead atoms. The highest BCUT2D eigenvalue weighted by Crippen LogP contribution is 2.21. The number of allylic oxidation sites excluding steroid dienone is 1. The molecule has 1 heterocycles. The standard InChI is InChI=1S/C19H26N2O6S/c1-4-26-16-5-7-17(8-6-16)28(24,25)21-11-9-20(10-12-21)18(22)14-27-19(23)13-15(2)3/h5-8,13H,4,9-12,14H2,1-3H3. The summed E-state index contributed by atoms with van der Waals surface area (Å²) in [7, 11) is -3.64. The third kappa shape index (κ3) is 5.80. The van der Waals surface area contributed by atoms with E-state index in [1.165, 1.54) is 27.4 Å². The summed E-state index contributed by atoms with van der Waals surface area (Å²) in [6, 6.07) is 6.27. The summed E-state index contributed by atoms with van der Waals surface area (Å²) in [6.45, 7) is 6.38. The summed E-state index contributed by atoms with van der Waals surface area (Å²) < 4.78 is 37.1. The highest BCUT2D eigenvalue weighted by atomic mass is 32.2. The van der Waals surface area contributed by atoms with Crippen molar-refractivity contribution in [1.29, 1.82) is 0 Å². The number of nitrogens with zero attached hydrogens (tertiary/aromatic N) is 2. The van der Waals surface area contributed by atoms with E-state index in [9.17, 15) is 18.0 Å². The Morgan fingerprint density at radius 1 is 1.07 bits per heavy atom. The average molecular weight is 410 g/mol. The number of ether oxygens (including phenoxy) is 2. The molecule has 0 radical (unpaired) electrons. The lowest BCUT2D eigenvalue weighted by atomic mass is 10.3. The fourth-order valence-corrected chi connectivity index (χ4v) is 4.13. The number of rotatable bonds is 7. The van der Waals surface area contributed by atoms with Gasteiger partial charge in [-0.3, -0.25) is 4.79 Å². The Bertz CT molecular complexity index is 820. The summed E-state index contributed by atoms with van der Waals surface area (Å²) in [5.74, 6) is -0.293. The molecule has 2 rings (SSSR count). The van der Waals surface area contributed by atoms with E-state index in [0.717, 1.165) is 5.57 Å². The molecule has 0 N–H and O–H groups in total. The normalized spacial score (nSPS) is 15.0. The molecule has 154 valence electrons. The van der Waals surface area contributed by atoms with E-state index in [1.807, 2.05) is 6.92 Å². The SMILES string of the molecule is CCOc1ccc(S(=O)(=O)N2CCN(C(=O)COC(=O)C=C(C)C)CC2)cc1. The van der Waals surface area contributed by atoms with Gasteiger partial charge < -0.3 is 14.4 Å². The van der Waals surface area contributed by atoms with Gasteiger partial charge in [0.05, 0.1) is 11.5 Å². The van der Waals surface area contributed by atoms with Crippen molar-refractivity contribution < 1.29 is 27.5 Å². The van der Waals surface area contributed by atoms with Crippen molar-refractivity contribution >= 4 is 21.9 Å². The molecule has 1 aromatic rings. The quantitative estimate of drug-likeness (QED) is 0.499. The lowest BCUT2D eigenvalue weighted by molar-refractivity contribution is -0.148.